The van der Waals surface area contributed by atoms with Crippen LogP contribution in [0, 0.1) is 0 Å². The predicted molar refractivity (Wildman–Crippen MR) is 124 cm³/mol. The molecule has 1 aromatic heterocycles. The van der Waals surface area contributed by atoms with Crippen molar-refractivity contribution >= 4 is 44.4 Å². The summed E-state index contributed by atoms with van der Waals surface area (Å²) in [7, 11) is 5.37. The molecule has 0 saturated heterocycles. The number of methoxy groups -OCH3 is 2. The summed E-state index contributed by atoms with van der Waals surface area (Å²) in [6.07, 6.45) is 3.23. The summed E-state index contributed by atoms with van der Waals surface area (Å²) in [5.41, 5.74) is 1.14. The Labute approximate surface area is 194 Å². The number of aryl methyl sites for hydroxylation is 1. The van der Waals surface area contributed by atoms with Gasteiger partial charge in [-0.05, 0) is 35.7 Å². The molecule has 9 nitrogen and oxygen atoms in total. The Balaban J connectivity index is 0.000000297. The number of rotatable bonds is 4. The third-order valence-electron chi connectivity index (χ3n) is 5.38. The monoisotopic (exact) mass is 464 g/mol. The number of aromatic nitrogens is 1. The van der Waals surface area contributed by atoms with Crippen LogP contribution in [0.4, 0.5) is 0 Å². The lowest BCUT2D eigenvalue weighted by atomic mass is 10.0. The van der Waals surface area contributed by atoms with Crippen molar-refractivity contribution in [1.29, 1.82) is 0 Å². The van der Waals surface area contributed by atoms with Gasteiger partial charge in [0.25, 0.3) is 0 Å². The van der Waals surface area contributed by atoms with Gasteiger partial charge in [-0.1, -0.05) is 6.07 Å². The third kappa shape index (κ3) is 4.23. The molecule has 0 atom stereocenters. The Hall–Kier alpha value is -4.53. The molecule has 0 radical (unpaired) electrons. The highest BCUT2D eigenvalue weighted by Gasteiger charge is 2.21. The van der Waals surface area contributed by atoms with Crippen molar-refractivity contribution in [3.05, 3.63) is 54.7 Å². The quantitative estimate of drug-likeness (QED) is 0.268. The summed E-state index contributed by atoms with van der Waals surface area (Å²) in [6.45, 7) is 0.273. The molecule has 0 spiro atoms. The van der Waals surface area contributed by atoms with Crippen LogP contribution in [-0.2, 0) is 16.6 Å². The fourth-order valence-corrected chi connectivity index (χ4v) is 3.95. The fraction of sp³-hybridized carbons (Fsp3) is 0.160. The standard InChI is InChI=1S/C21H18NO4.C4H4O4/c1-22-10-13-7-17(23-2)18(24-3)8-15(13)14-5-4-12-6-19-20(26-11-25-19)9-16(12)21(14)22;5-3(6)1-2-4(7)8/h4-10H,11H2,1-3H3;1-2H,(H,5,6)(H,7,8)/q+1;/b;2-1+. The Bertz CT molecular complexity index is 1460. The molecule has 9 heteroatoms. The molecular formula is C25H22NO8+. The zero-order valence-corrected chi connectivity index (χ0v) is 18.7. The molecule has 174 valence electrons. The van der Waals surface area contributed by atoms with Gasteiger partial charge in [0.2, 0.25) is 12.3 Å². The highest BCUT2D eigenvalue weighted by Crippen LogP contribution is 2.40. The van der Waals surface area contributed by atoms with Crippen LogP contribution in [0.5, 0.6) is 23.0 Å². The lowest BCUT2D eigenvalue weighted by molar-refractivity contribution is -0.642. The van der Waals surface area contributed by atoms with E-state index in [0.717, 1.165) is 55.4 Å². The van der Waals surface area contributed by atoms with Gasteiger partial charge in [0.15, 0.2) is 29.2 Å². The maximum absolute atomic E-state index is 9.55. The first-order valence-corrected chi connectivity index (χ1v) is 10.2. The minimum atomic E-state index is -1.26. The average Bonchev–Trinajstić information content (AvgIpc) is 3.28. The van der Waals surface area contributed by atoms with E-state index in [9.17, 15) is 9.59 Å². The van der Waals surface area contributed by atoms with E-state index in [-0.39, 0.29) is 6.79 Å². The number of benzene rings is 3. The van der Waals surface area contributed by atoms with Crippen LogP contribution in [-0.4, -0.2) is 43.2 Å². The van der Waals surface area contributed by atoms with Crippen LogP contribution in [0.2, 0.25) is 0 Å². The number of nitrogens with zero attached hydrogens (tertiary/aromatic N) is 1. The van der Waals surface area contributed by atoms with Gasteiger partial charge in [0.05, 0.1) is 30.4 Å². The van der Waals surface area contributed by atoms with E-state index < -0.39 is 11.9 Å². The van der Waals surface area contributed by atoms with Gasteiger partial charge >= 0.3 is 11.9 Å². The number of hydrogen-bond donors (Lipinski definition) is 2. The van der Waals surface area contributed by atoms with Crippen LogP contribution in [0.1, 0.15) is 0 Å². The summed E-state index contributed by atoms with van der Waals surface area (Å²) < 4.78 is 24.2. The molecule has 5 rings (SSSR count). The van der Waals surface area contributed by atoms with Gasteiger partial charge in [-0.15, -0.1) is 0 Å². The number of carbonyl (C=O) groups is 2. The van der Waals surface area contributed by atoms with E-state index in [1.54, 1.807) is 14.2 Å². The second-order valence-electron chi connectivity index (χ2n) is 7.43. The first-order valence-electron chi connectivity index (χ1n) is 10.2. The van der Waals surface area contributed by atoms with Crippen LogP contribution < -0.4 is 23.5 Å². The van der Waals surface area contributed by atoms with Crippen molar-refractivity contribution in [1.82, 2.24) is 0 Å². The number of ether oxygens (including phenoxy) is 4. The van der Waals surface area contributed by atoms with E-state index in [0.29, 0.717) is 12.2 Å². The summed E-state index contributed by atoms with van der Waals surface area (Å²) in [6, 6.07) is 12.4. The molecule has 0 unspecified atom stereocenters. The molecule has 0 amide bonds. The zero-order valence-electron chi connectivity index (χ0n) is 18.7. The van der Waals surface area contributed by atoms with Gasteiger partial charge < -0.3 is 29.2 Å². The zero-order chi connectivity index (χ0) is 24.4. The summed E-state index contributed by atoms with van der Waals surface area (Å²) in [5, 5.41) is 21.2. The number of pyridine rings is 1. The minimum absolute atomic E-state index is 0.273. The van der Waals surface area contributed by atoms with Gasteiger partial charge in [-0.2, -0.15) is 4.57 Å². The van der Waals surface area contributed by atoms with Crippen molar-refractivity contribution in [2.45, 2.75) is 0 Å². The van der Waals surface area contributed by atoms with Gasteiger partial charge in [-0.3, -0.25) is 0 Å². The number of hydrogen-bond acceptors (Lipinski definition) is 6. The number of carboxylic acids is 2. The highest BCUT2D eigenvalue weighted by molar-refractivity contribution is 6.14. The van der Waals surface area contributed by atoms with Crippen molar-refractivity contribution in [2.24, 2.45) is 7.05 Å². The van der Waals surface area contributed by atoms with E-state index in [4.69, 9.17) is 29.2 Å². The second kappa shape index (κ2) is 9.14. The van der Waals surface area contributed by atoms with Gasteiger partial charge in [-0.25, -0.2) is 9.59 Å². The number of carboxylic acid groups (broad SMARTS) is 2. The molecule has 1 aliphatic rings. The van der Waals surface area contributed by atoms with Gasteiger partial charge in [0, 0.05) is 17.5 Å². The van der Waals surface area contributed by atoms with Crippen LogP contribution in [0.25, 0.3) is 32.4 Å². The predicted octanol–water partition coefficient (Wildman–Crippen LogP) is 3.43. The molecule has 0 fully saturated rings. The van der Waals surface area contributed by atoms with E-state index in [1.807, 2.05) is 18.2 Å². The lowest BCUT2D eigenvalue weighted by Gasteiger charge is -2.11. The maximum atomic E-state index is 9.55. The van der Waals surface area contributed by atoms with E-state index in [1.165, 1.54) is 0 Å². The molecule has 0 aliphatic carbocycles. The average molecular weight is 464 g/mol. The smallest absolute Gasteiger partial charge is 0.328 e. The van der Waals surface area contributed by atoms with E-state index >= 15 is 0 Å². The molecule has 4 aromatic rings. The van der Waals surface area contributed by atoms with Crippen molar-refractivity contribution in [3.8, 4) is 23.0 Å². The largest absolute Gasteiger partial charge is 0.493 e. The highest BCUT2D eigenvalue weighted by atomic mass is 16.7. The minimum Gasteiger partial charge on any atom is -0.493 e. The van der Waals surface area contributed by atoms with Crippen molar-refractivity contribution < 1.29 is 43.3 Å². The third-order valence-corrected chi connectivity index (χ3v) is 5.38. The Kier molecular flexibility index (Phi) is 6.09. The maximum Gasteiger partial charge on any atom is 0.328 e. The Morgan fingerprint density at radius 2 is 1.47 bits per heavy atom. The molecule has 0 bridgehead atoms. The molecule has 2 heterocycles. The first-order chi connectivity index (χ1) is 16.3. The van der Waals surface area contributed by atoms with Crippen molar-refractivity contribution in [3.63, 3.8) is 0 Å². The molecule has 0 saturated carbocycles. The summed E-state index contributed by atoms with van der Waals surface area (Å²) >= 11 is 0. The van der Waals surface area contributed by atoms with Crippen LogP contribution in [0.3, 0.4) is 0 Å². The topological polar surface area (TPSA) is 115 Å². The Morgan fingerprint density at radius 3 is 2.09 bits per heavy atom. The summed E-state index contributed by atoms with van der Waals surface area (Å²) in [4.78, 5) is 19.1. The van der Waals surface area contributed by atoms with Crippen LogP contribution >= 0.6 is 0 Å². The number of fused-ring (bicyclic) bond motifs is 6. The van der Waals surface area contributed by atoms with Gasteiger partial charge in [0.1, 0.15) is 7.05 Å². The molecule has 1 aliphatic heterocycles. The number of aliphatic carboxylic acids is 2. The molecule has 3 aromatic carbocycles. The molecular weight excluding hydrogens is 442 g/mol. The van der Waals surface area contributed by atoms with E-state index in [2.05, 4.69) is 36.0 Å². The molecule has 34 heavy (non-hydrogen) atoms. The summed E-state index contributed by atoms with van der Waals surface area (Å²) in [5.74, 6) is 0.522. The fourth-order valence-electron chi connectivity index (χ4n) is 3.95. The second-order valence-corrected chi connectivity index (χ2v) is 7.43. The van der Waals surface area contributed by atoms with Crippen LogP contribution in [0.15, 0.2) is 54.7 Å². The SMILES string of the molecule is COc1cc2c[n+](C)c3c4cc5c(cc4ccc3c2cc1OC)OCO5.O=C(O)/C=C/C(=O)O. The van der Waals surface area contributed by atoms with Crippen molar-refractivity contribution in [2.75, 3.05) is 21.0 Å². The lowest BCUT2D eigenvalue weighted by Crippen LogP contribution is -2.28. The molecule has 2 N–H and O–H groups in total. The Morgan fingerprint density at radius 1 is 0.853 bits per heavy atom. The first kappa shape index (κ1) is 22.7. The normalized spacial score (nSPS) is 12.1.